The van der Waals surface area contributed by atoms with Crippen molar-refractivity contribution in [2.45, 2.75) is 12.5 Å². The average Bonchev–Trinajstić information content (AvgIpc) is 3.33. The van der Waals surface area contributed by atoms with Gasteiger partial charge in [-0.1, -0.05) is 54.1 Å². The fraction of sp³-hybridized carbons (Fsp3) is 0.286. The molecule has 3 aromatic rings. The van der Waals surface area contributed by atoms with E-state index in [1.54, 1.807) is 55.3 Å². The van der Waals surface area contributed by atoms with Crippen LogP contribution in [0.25, 0.3) is 0 Å². The topological polar surface area (TPSA) is 59.1 Å². The molecule has 6 nitrogen and oxygen atoms in total. The minimum Gasteiger partial charge on any atom is -0.497 e. The predicted molar refractivity (Wildman–Crippen MR) is 136 cm³/mol. The normalized spacial score (nSPS) is 17.2. The lowest BCUT2D eigenvalue weighted by atomic mass is 9.87. The molecule has 0 saturated carbocycles. The van der Waals surface area contributed by atoms with E-state index in [-0.39, 0.29) is 24.3 Å². The van der Waals surface area contributed by atoms with Crippen LogP contribution in [0, 0.1) is 5.92 Å². The first-order valence-electron chi connectivity index (χ1n) is 11.5. The Morgan fingerprint density at radius 1 is 0.971 bits per heavy atom. The van der Waals surface area contributed by atoms with Gasteiger partial charge in [-0.3, -0.25) is 9.59 Å². The number of likely N-dealkylation sites (tertiary alicyclic amines) is 1. The molecule has 35 heavy (non-hydrogen) atoms. The molecule has 1 aliphatic heterocycles. The monoisotopic (exact) mass is 492 g/mol. The van der Waals surface area contributed by atoms with Gasteiger partial charge < -0.3 is 19.3 Å². The summed E-state index contributed by atoms with van der Waals surface area (Å²) in [5.41, 5.74) is 2.31. The predicted octanol–water partition coefficient (Wildman–Crippen LogP) is 4.87. The molecule has 0 radical (unpaired) electrons. The lowest BCUT2D eigenvalue weighted by Crippen LogP contribution is -2.36. The highest BCUT2D eigenvalue weighted by Crippen LogP contribution is 2.41. The Kier molecular flexibility index (Phi) is 7.61. The van der Waals surface area contributed by atoms with Gasteiger partial charge in [-0.15, -0.1) is 0 Å². The second kappa shape index (κ2) is 10.8. The molecule has 1 heterocycles. The molecule has 0 aliphatic carbocycles. The number of halogens is 1. The molecule has 3 aromatic carbocycles. The Morgan fingerprint density at radius 2 is 1.69 bits per heavy atom. The van der Waals surface area contributed by atoms with Gasteiger partial charge in [0.15, 0.2) is 0 Å². The van der Waals surface area contributed by atoms with E-state index >= 15 is 0 Å². The summed E-state index contributed by atoms with van der Waals surface area (Å²) in [6.07, 6.45) is 0. The van der Waals surface area contributed by atoms with Gasteiger partial charge in [0.2, 0.25) is 5.91 Å². The highest BCUT2D eigenvalue weighted by atomic mass is 35.5. The Balaban J connectivity index is 1.68. The van der Waals surface area contributed by atoms with Crippen LogP contribution in [-0.4, -0.2) is 56.0 Å². The van der Waals surface area contributed by atoms with Gasteiger partial charge in [0.1, 0.15) is 11.5 Å². The van der Waals surface area contributed by atoms with E-state index in [4.69, 9.17) is 21.1 Å². The molecule has 2 atom stereocenters. The van der Waals surface area contributed by atoms with Crippen LogP contribution in [0.4, 0.5) is 0 Å². The van der Waals surface area contributed by atoms with E-state index in [1.807, 2.05) is 48.5 Å². The lowest BCUT2D eigenvalue weighted by Gasteiger charge is -2.25. The Hall–Kier alpha value is -3.51. The molecule has 4 rings (SSSR count). The summed E-state index contributed by atoms with van der Waals surface area (Å²) >= 11 is 6.32. The fourth-order valence-electron chi connectivity index (χ4n) is 4.69. The molecule has 1 saturated heterocycles. The maximum atomic E-state index is 13.7. The molecule has 1 fully saturated rings. The van der Waals surface area contributed by atoms with Crippen LogP contribution < -0.4 is 9.47 Å². The molecular weight excluding hydrogens is 464 g/mol. The molecule has 182 valence electrons. The van der Waals surface area contributed by atoms with Gasteiger partial charge >= 0.3 is 0 Å². The lowest BCUT2D eigenvalue weighted by molar-refractivity contribution is -0.134. The van der Waals surface area contributed by atoms with Crippen molar-refractivity contribution in [3.63, 3.8) is 0 Å². The van der Waals surface area contributed by atoms with Crippen molar-refractivity contribution in [1.29, 1.82) is 0 Å². The van der Waals surface area contributed by atoms with E-state index in [0.717, 1.165) is 11.1 Å². The van der Waals surface area contributed by atoms with Crippen LogP contribution in [-0.2, 0) is 11.3 Å². The smallest absolute Gasteiger partial charge is 0.255 e. The highest BCUT2D eigenvalue weighted by molar-refractivity contribution is 6.33. The van der Waals surface area contributed by atoms with E-state index in [1.165, 1.54) is 0 Å². The van der Waals surface area contributed by atoms with Crippen molar-refractivity contribution in [2.24, 2.45) is 5.92 Å². The third-order valence-electron chi connectivity index (χ3n) is 6.50. The third kappa shape index (κ3) is 5.28. The van der Waals surface area contributed by atoms with Crippen molar-refractivity contribution in [1.82, 2.24) is 9.80 Å². The summed E-state index contributed by atoms with van der Waals surface area (Å²) in [6.45, 7) is 1.13. The Labute approximate surface area is 211 Å². The molecule has 7 heteroatoms. The first-order valence-corrected chi connectivity index (χ1v) is 11.8. The largest absolute Gasteiger partial charge is 0.497 e. The summed E-state index contributed by atoms with van der Waals surface area (Å²) in [5, 5.41) is 0.393. The number of amides is 2. The minimum atomic E-state index is -0.448. The molecule has 0 aromatic heterocycles. The Morgan fingerprint density at radius 3 is 2.37 bits per heavy atom. The van der Waals surface area contributed by atoms with Crippen LogP contribution in [0.3, 0.4) is 0 Å². The van der Waals surface area contributed by atoms with Gasteiger partial charge in [0.05, 0.1) is 30.7 Å². The zero-order chi connectivity index (χ0) is 24.9. The molecular formula is C28H29ClN2O4. The number of hydrogen-bond donors (Lipinski definition) is 0. The molecule has 0 bridgehead atoms. The van der Waals surface area contributed by atoms with Crippen molar-refractivity contribution in [2.75, 3.05) is 34.4 Å². The standard InChI is InChI=1S/C28H29ClN2O4/c1-30(16-19-9-5-4-6-10-19)27(32)24-18-31(28(33)21-11-7-8-12-25(21)29)17-23(24)22-15-20(34-2)13-14-26(22)35-3/h4-15,23-24H,16-18H2,1-3H3/t23-,24+/m0/s1. The van der Waals surface area contributed by atoms with E-state index in [9.17, 15) is 9.59 Å². The second-order valence-corrected chi connectivity index (χ2v) is 9.10. The van der Waals surface area contributed by atoms with E-state index in [2.05, 4.69) is 0 Å². The number of carbonyl (C=O) groups is 2. The first kappa shape index (κ1) is 24.6. The molecule has 1 aliphatic rings. The number of rotatable bonds is 7. The van der Waals surface area contributed by atoms with Gasteiger partial charge in [0, 0.05) is 38.2 Å². The zero-order valence-corrected chi connectivity index (χ0v) is 20.9. The molecule has 2 amide bonds. The van der Waals surface area contributed by atoms with E-state index < -0.39 is 5.92 Å². The van der Waals surface area contributed by atoms with Crippen LogP contribution in [0.2, 0.25) is 5.02 Å². The van der Waals surface area contributed by atoms with Crippen molar-refractivity contribution in [3.05, 3.63) is 94.5 Å². The maximum absolute atomic E-state index is 13.7. The summed E-state index contributed by atoms with van der Waals surface area (Å²) in [5.74, 6) is 0.391. The summed E-state index contributed by atoms with van der Waals surface area (Å²) < 4.78 is 11.1. The number of carbonyl (C=O) groups excluding carboxylic acids is 2. The maximum Gasteiger partial charge on any atom is 0.255 e. The van der Waals surface area contributed by atoms with Crippen molar-refractivity contribution in [3.8, 4) is 11.5 Å². The van der Waals surface area contributed by atoms with Gasteiger partial charge in [-0.25, -0.2) is 0 Å². The van der Waals surface area contributed by atoms with Gasteiger partial charge in [-0.05, 0) is 35.9 Å². The van der Waals surface area contributed by atoms with Crippen molar-refractivity contribution < 1.29 is 19.1 Å². The molecule has 0 N–H and O–H groups in total. The average molecular weight is 493 g/mol. The first-order chi connectivity index (χ1) is 16.9. The molecule has 0 spiro atoms. The van der Waals surface area contributed by atoms with Crippen LogP contribution in [0.15, 0.2) is 72.8 Å². The van der Waals surface area contributed by atoms with Crippen LogP contribution >= 0.6 is 11.6 Å². The minimum absolute atomic E-state index is 0.0295. The summed E-state index contributed by atoms with van der Waals surface area (Å²) in [4.78, 5) is 30.6. The fourth-order valence-corrected chi connectivity index (χ4v) is 4.90. The van der Waals surface area contributed by atoms with Gasteiger partial charge in [0.25, 0.3) is 5.91 Å². The Bertz CT molecular complexity index is 1200. The van der Waals surface area contributed by atoms with Crippen molar-refractivity contribution >= 4 is 23.4 Å². The zero-order valence-electron chi connectivity index (χ0n) is 20.1. The number of nitrogens with zero attached hydrogens (tertiary/aromatic N) is 2. The number of hydrogen-bond acceptors (Lipinski definition) is 4. The number of ether oxygens (including phenoxy) is 2. The second-order valence-electron chi connectivity index (χ2n) is 8.69. The number of benzene rings is 3. The van der Waals surface area contributed by atoms with Crippen LogP contribution in [0.5, 0.6) is 11.5 Å². The third-order valence-corrected chi connectivity index (χ3v) is 6.83. The van der Waals surface area contributed by atoms with Crippen LogP contribution in [0.1, 0.15) is 27.4 Å². The van der Waals surface area contributed by atoms with Gasteiger partial charge in [-0.2, -0.15) is 0 Å². The summed E-state index contributed by atoms with van der Waals surface area (Å²) in [7, 11) is 5.00. The summed E-state index contributed by atoms with van der Waals surface area (Å²) in [6, 6.07) is 22.4. The SMILES string of the molecule is COc1ccc(OC)c([C@@H]2CN(C(=O)c3ccccc3Cl)C[C@H]2C(=O)N(C)Cc2ccccc2)c1. The van der Waals surface area contributed by atoms with E-state index in [0.29, 0.717) is 35.2 Å². The highest BCUT2D eigenvalue weighted by Gasteiger charge is 2.43. The quantitative estimate of drug-likeness (QED) is 0.472. The molecule has 0 unspecified atom stereocenters. The number of methoxy groups -OCH3 is 2.